The third kappa shape index (κ3) is 4.90. The van der Waals surface area contributed by atoms with E-state index < -0.39 is 0 Å². The van der Waals surface area contributed by atoms with E-state index in [1.165, 1.54) is 0 Å². The summed E-state index contributed by atoms with van der Waals surface area (Å²) in [6.07, 6.45) is 1.97. The Hall–Kier alpha value is 0.430. The van der Waals surface area contributed by atoms with E-state index in [1.807, 2.05) is 13.0 Å². The summed E-state index contributed by atoms with van der Waals surface area (Å²) in [5.74, 6) is 0. The molecule has 0 spiro atoms. The molecule has 0 aromatic rings. The lowest BCUT2D eigenvalue weighted by molar-refractivity contribution is 1.56. The van der Waals surface area contributed by atoms with Crippen LogP contribution in [0.3, 0.4) is 0 Å². The average Bonchev–Trinajstić information content (AvgIpc) is 1.63. The average molecular weight is 299 g/mol. The van der Waals surface area contributed by atoms with E-state index in [9.17, 15) is 0 Å². The molecule has 0 fully saturated rings. The van der Waals surface area contributed by atoms with Gasteiger partial charge in [0.2, 0.25) is 0 Å². The van der Waals surface area contributed by atoms with Crippen LogP contribution in [-0.4, -0.2) is 0 Å². The van der Waals surface area contributed by atoms with Gasteiger partial charge in [-0.25, -0.2) is 0 Å². The van der Waals surface area contributed by atoms with Crippen LogP contribution in [0.4, 0.5) is 0 Å². The third-order valence-electron chi connectivity index (χ3n) is 0.632. The van der Waals surface area contributed by atoms with E-state index in [4.69, 9.17) is 0 Å². The summed E-state index contributed by atoms with van der Waals surface area (Å²) in [5, 5.41) is 0. The summed E-state index contributed by atoms with van der Waals surface area (Å²) in [5.41, 5.74) is 1.04. The summed E-state index contributed by atoms with van der Waals surface area (Å²) < 4.78 is 2.01. The van der Waals surface area contributed by atoms with Crippen LogP contribution in [0.15, 0.2) is 32.9 Å². The molecule has 0 amide bonds. The van der Waals surface area contributed by atoms with Crippen LogP contribution in [0.1, 0.15) is 6.92 Å². The van der Waals surface area contributed by atoms with Crippen LogP contribution in [0.2, 0.25) is 0 Å². The standard InChI is InChI=1S/C7H8BrI/c1-5(2)4-7(9)6(3)8/h4H,1,3H2,2H3/b7-4+. The van der Waals surface area contributed by atoms with Crippen molar-refractivity contribution in [1.29, 1.82) is 0 Å². The van der Waals surface area contributed by atoms with E-state index >= 15 is 0 Å². The van der Waals surface area contributed by atoms with Gasteiger partial charge in [0, 0.05) is 8.06 Å². The van der Waals surface area contributed by atoms with Crippen LogP contribution in [0.25, 0.3) is 0 Å². The van der Waals surface area contributed by atoms with Gasteiger partial charge in [0.1, 0.15) is 0 Å². The molecule has 0 radical (unpaired) electrons. The predicted octanol–water partition coefficient (Wildman–Crippen LogP) is 3.79. The lowest BCUT2D eigenvalue weighted by Gasteiger charge is -1.92. The maximum absolute atomic E-state index is 3.73. The SMILES string of the molecule is C=C(C)/C=C(/I)C(=C)Br. The van der Waals surface area contributed by atoms with Crippen molar-refractivity contribution in [3.8, 4) is 0 Å². The van der Waals surface area contributed by atoms with Gasteiger partial charge in [-0.15, -0.1) is 0 Å². The number of halogens is 2. The van der Waals surface area contributed by atoms with Gasteiger partial charge in [0.25, 0.3) is 0 Å². The minimum absolute atomic E-state index is 0.908. The Bertz CT molecular complexity index is 168. The molecule has 0 aliphatic heterocycles. The fourth-order valence-electron chi connectivity index (χ4n) is 0.295. The fourth-order valence-corrected chi connectivity index (χ4v) is 0.941. The molecule has 0 unspecified atom stereocenters. The van der Waals surface area contributed by atoms with Crippen molar-refractivity contribution < 1.29 is 0 Å². The highest BCUT2D eigenvalue weighted by Gasteiger charge is 1.90. The molecule has 0 aliphatic rings. The molecule has 0 bridgehead atoms. The van der Waals surface area contributed by atoms with Crippen LogP contribution < -0.4 is 0 Å². The molecule has 50 valence electrons. The summed E-state index contributed by atoms with van der Waals surface area (Å²) in [4.78, 5) is 0. The minimum Gasteiger partial charge on any atom is -0.0961 e. The van der Waals surface area contributed by atoms with Crippen molar-refractivity contribution in [2.24, 2.45) is 0 Å². The van der Waals surface area contributed by atoms with Crippen LogP contribution in [-0.2, 0) is 0 Å². The molecule has 9 heavy (non-hydrogen) atoms. The minimum atomic E-state index is 0.908. The molecular weight excluding hydrogens is 291 g/mol. The second-order valence-electron chi connectivity index (χ2n) is 1.74. The Morgan fingerprint density at radius 1 is 1.56 bits per heavy atom. The smallest absolute Gasteiger partial charge is 0.0268 e. The van der Waals surface area contributed by atoms with Gasteiger partial charge in [-0.2, -0.15) is 0 Å². The van der Waals surface area contributed by atoms with Crippen LogP contribution in [0, 0.1) is 0 Å². The highest BCUT2D eigenvalue weighted by molar-refractivity contribution is 14.1. The zero-order chi connectivity index (χ0) is 7.44. The molecule has 0 aromatic heterocycles. The Labute approximate surface area is 78.0 Å². The summed E-state index contributed by atoms with van der Waals surface area (Å²) in [6.45, 7) is 9.40. The summed E-state index contributed by atoms with van der Waals surface area (Å²) in [6, 6.07) is 0. The Morgan fingerprint density at radius 2 is 2.00 bits per heavy atom. The molecule has 0 saturated carbocycles. The number of allylic oxidation sites excluding steroid dienone is 4. The first-order valence-corrected chi connectivity index (χ1v) is 4.28. The van der Waals surface area contributed by atoms with Gasteiger partial charge in [0.05, 0.1) is 0 Å². The second kappa shape index (κ2) is 4.28. The predicted molar refractivity (Wildman–Crippen MR) is 55.0 cm³/mol. The molecular formula is C7H8BrI. The quantitative estimate of drug-likeness (QED) is 0.537. The van der Waals surface area contributed by atoms with Crippen molar-refractivity contribution in [1.82, 2.24) is 0 Å². The molecule has 0 heterocycles. The van der Waals surface area contributed by atoms with Crippen LogP contribution >= 0.6 is 38.5 Å². The third-order valence-corrected chi connectivity index (χ3v) is 2.76. The van der Waals surface area contributed by atoms with Crippen molar-refractivity contribution >= 4 is 38.5 Å². The first-order valence-electron chi connectivity index (χ1n) is 2.41. The van der Waals surface area contributed by atoms with Crippen molar-refractivity contribution in [3.05, 3.63) is 32.9 Å². The summed E-state index contributed by atoms with van der Waals surface area (Å²) >= 11 is 5.46. The van der Waals surface area contributed by atoms with E-state index in [0.717, 1.165) is 13.6 Å². The van der Waals surface area contributed by atoms with E-state index in [2.05, 4.69) is 51.7 Å². The zero-order valence-corrected chi connectivity index (χ0v) is 8.99. The Balaban J connectivity index is 4.17. The Morgan fingerprint density at radius 3 is 2.11 bits per heavy atom. The van der Waals surface area contributed by atoms with Crippen molar-refractivity contribution in [2.75, 3.05) is 0 Å². The van der Waals surface area contributed by atoms with Crippen molar-refractivity contribution in [3.63, 3.8) is 0 Å². The molecule has 0 aliphatic carbocycles. The topological polar surface area (TPSA) is 0 Å². The fraction of sp³-hybridized carbons (Fsp3) is 0.143. The van der Waals surface area contributed by atoms with Gasteiger partial charge >= 0.3 is 0 Å². The van der Waals surface area contributed by atoms with Gasteiger partial charge < -0.3 is 0 Å². The first-order chi connectivity index (χ1) is 4.04. The molecule has 0 rings (SSSR count). The van der Waals surface area contributed by atoms with Crippen molar-refractivity contribution in [2.45, 2.75) is 6.92 Å². The van der Waals surface area contributed by atoms with E-state index in [1.54, 1.807) is 0 Å². The number of hydrogen-bond donors (Lipinski definition) is 0. The largest absolute Gasteiger partial charge is 0.0961 e. The lowest BCUT2D eigenvalue weighted by atomic mass is 10.3. The first kappa shape index (κ1) is 9.43. The highest BCUT2D eigenvalue weighted by atomic mass is 127. The van der Waals surface area contributed by atoms with E-state index in [0.29, 0.717) is 0 Å². The molecule has 0 atom stereocenters. The normalized spacial score (nSPS) is 11.2. The maximum atomic E-state index is 3.73. The van der Waals surface area contributed by atoms with Crippen LogP contribution in [0.5, 0.6) is 0 Å². The lowest BCUT2D eigenvalue weighted by Crippen LogP contribution is -1.68. The van der Waals surface area contributed by atoms with Gasteiger partial charge in [-0.3, -0.25) is 0 Å². The molecule has 2 heteroatoms. The number of rotatable bonds is 2. The second-order valence-corrected chi connectivity index (χ2v) is 3.86. The summed E-state index contributed by atoms with van der Waals surface area (Å²) in [7, 11) is 0. The molecule has 0 aromatic carbocycles. The van der Waals surface area contributed by atoms with Gasteiger partial charge in [0.15, 0.2) is 0 Å². The molecule has 0 nitrogen and oxygen atoms in total. The monoisotopic (exact) mass is 298 g/mol. The highest BCUT2D eigenvalue weighted by Crippen LogP contribution is 2.22. The van der Waals surface area contributed by atoms with E-state index in [-0.39, 0.29) is 0 Å². The van der Waals surface area contributed by atoms with Gasteiger partial charge in [-0.1, -0.05) is 34.7 Å². The maximum Gasteiger partial charge on any atom is 0.0268 e. The molecule has 0 saturated heterocycles. The molecule has 0 N–H and O–H groups in total. The Kier molecular flexibility index (Phi) is 4.48. The number of hydrogen-bond acceptors (Lipinski definition) is 0. The van der Waals surface area contributed by atoms with Gasteiger partial charge in [-0.05, 0) is 35.6 Å². The zero-order valence-electron chi connectivity index (χ0n) is 5.25.